The molecule has 13 heavy (non-hydrogen) atoms. The first-order chi connectivity index (χ1) is 5.58. The lowest BCUT2D eigenvalue weighted by atomic mass is 9.81. The van der Waals surface area contributed by atoms with E-state index in [2.05, 4.69) is 4.74 Å². The number of esters is 1. The number of hydrogen-bond donors (Lipinski definition) is 2. The van der Waals surface area contributed by atoms with Crippen LogP contribution in [0, 0.1) is 0 Å². The van der Waals surface area contributed by atoms with E-state index in [1.165, 1.54) is 7.11 Å². The smallest absolute Gasteiger partial charge is 0.325 e. The molecule has 0 radical (unpaired) electrons. The number of aliphatic hydroxyl groups is 1. The summed E-state index contributed by atoms with van der Waals surface area (Å²) in [6.45, 7) is 0. The topological polar surface area (TPSA) is 72.5 Å². The van der Waals surface area contributed by atoms with E-state index in [4.69, 9.17) is 5.73 Å². The third kappa shape index (κ3) is 2.83. The number of carbonyl (C=O) groups is 1. The van der Waals surface area contributed by atoms with Gasteiger partial charge in [-0.15, -0.1) is 12.4 Å². The highest BCUT2D eigenvalue weighted by atomic mass is 35.5. The van der Waals surface area contributed by atoms with Crippen LogP contribution in [-0.4, -0.2) is 29.8 Å². The summed E-state index contributed by atoms with van der Waals surface area (Å²) in [4.78, 5) is 11.2. The van der Waals surface area contributed by atoms with Gasteiger partial charge in [-0.2, -0.15) is 0 Å². The van der Waals surface area contributed by atoms with Crippen LogP contribution in [-0.2, 0) is 9.53 Å². The minimum absolute atomic E-state index is 0. The normalized spacial score (nSPS) is 33.3. The minimum atomic E-state index is -0.853. The van der Waals surface area contributed by atoms with Crippen LogP contribution in [0.1, 0.15) is 25.7 Å². The molecular formula is C8H16ClNO3. The highest BCUT2D eigenvalue weighted by molar-refractivity contribution is 5.85. The van der Waals surface area contributed by atoms with Crippen molar-refractivity contribution in [2.75, 3.05) is 7.11 Å². The molecule has 0 heterocycles. The quantitative estimate of drug-likeness (QED) is 0.606. The van der Waals surface area contributed by atoms with Gasteiger partial charge in [-0.3, -0.25) is 4.79 Å². The summed E-state index contributed by atoms with van der Waals surface area (Å²) >= 11 is 0. The number of hydrogen-bond acceptors (Lipinski definition) is 4. The van der Waals surface area contributed by atoms with Gasteiger partial charge in [-0.1, -0.05) is 0 Å². The zero-order valence-electron chi connectivity index (χ0n) is 7.66. The number of halogens is 1. The molecule has 1 aliphatic carbocycles. The van der Waals surface area contributed by atoms with E-state index < -0.39 is 5.54 Å². The van der Waals surface area contributed by atoms with Crippen LogP contribution in [0.3, 0.4) is 0 Å². The molecule has 1 aliphatic rings. The molecule has 0 unspecified atom stereocenters. The molecular weight excluding hydrogens is 194 g/mol. The Hall–Kier alpha value is -0.320. The van der Waals surface area contributed by atoms with Crippen molar-refractivity contribution in [1.82, 2.24) is 0 Å². The zero-order chi connectivity index (χ0) is 9.19. The largest absolute Gasteiger partial charge is 0.468 e. The molecule has 0 saturated heterocycles. The molecule has 0 bridgehead atoms. The first kappa shape index (κ1) is 12.7. The number of carbonyl (C=O) groups excluding carboxylic acids is 1. The predicted octanol–water partition coefficient (Wildman–Crippen LogP) is 0.214. The lowest BCUT2D eigenvalue weighted by Gasteiger charge is -2.32. The van der Waals surface area contributed by atoms with Crippen molar-refractivity contribution >= 4 is 18.4 Å². The maximum Gasteiger partial charge on any atom is 0.325 e. The van der Waals surface area contributed by atoms with Crippen LogP contribution in [0.25, 0.3) is 0 Å². The van der Waals surface area contributed by atoms with Gasteiger partial charge in [0.25, 0.3) is 0 Å². The van der Waals surface area contributed by atoms with E-state index in [0.29, 0.717) is 25.7 Å². The molecule has 0 spiro atoms. The Morgan fingerprint density at radius 3 is 2.38 bits per heavy atom. The monoisotopic (exact) mass is 209 g/mol. The Morgan fingerprint density at radius 2 is 2.00 bits per heavy atom. The van der Waals surface area contributed by atoms with Crippen molar-refractivity contribution in [3.05, 3.63) is 0 Å². The van der Waals surface area contributed by atoms with Crippen molar-refractivity contribution in [2.45, 2.75) is 37.3 Å². The number of ether oxygens (including phenoxy) is 1. The Balaban J connectivity index is 0.00000144. The summed E-state index contributed by atoms with van der Waals surface area (Å²) in [6.07, 6.45) is 1.91. The predicted molar refractivity (Wildman–Crippen MR) is 50.7 cm³/mol. The van der Waals surface area contributed by atoms with Gasteiger partial charge >= 0.3 is 5.97 Å². The number of methoxy groups -OCH3 is 1. The number of aliphatic hydroxyl groups excluding tert-OH is 1. The molecule has 0 aromatic rings. The van der Waals surface area contributed by atoms with Gasteiger partial charge in [0.2, 0.25) is 0 Å². The average Bonchev–Trinajstić information content (AvgIpc) is 2.09. The summed E-state index contributed by atoms with van der Waals surface area (Å²) < 4.78 is 4.58. The third-order valence-electron chi connectivity index (χ3n) is 2.44. The van der Waals surface area contributed by atoms with Gasteiger partial charge in [0.05, 0.1) is 13.2 Å². The molecule has 3 N–H and O–H groups in total. The van der Waals surface area contributed by atoms with Crippen molar-refractivity contribution in [2.24, 2.45) is 5.73 Å². The first-order valence-corrected chi connectivity index (χ1v) is 4.14. The second kappa shape index (κ2) is 4.79. The Bertz CT molecular complexity index is 178. The van der Waals surface area contributed by atoms with Crippen LogP contribution in [0.5, 0.6) is 0 Å². The van der Waals surface area contributed by atoms with Gasteiger partial charge in [-0.25, -0.2) is 0 Å². The maximum absolute atomic E-state index is 11.2. The molecule has 0 atom stereocenters. The summed E-state index contributed by atoms with van der Waals surface area (Å²) in [5.74, 6) is -0.366. The van der Waals surface area contributed by atoms with Gasteiger partial charge in [0.15, 0.2) is 0 Å². The minimum Gasteiger partial charge on any atom is -0.468 e. The molecule has 5 heteroatoms. The van der Waals surface area contributed by atoms with Crippen LogP contribution in [0.15, 0.2) is 0 Å². The zero-order valence-corrected chi connectivity index (χ0v) is 8.47. The van der Waals surface area contributed by atoms with Crippen LogP contribution < -0.4 is 5.73 Å². The average molecular weight is 210 g/mol. The molecule has 0 aromatic carbocycles. The molecule has 1 saturated carbocycles. The fourth-order valence-corrected chi connectivity index (χ4v) is 1.53. The van der Waals surface area contributed by atoms with E-state index in [-0.39, 0.29) is 24.5 Å². The van der Waals surface area contributed by atoms with Crippen molar-refractivity contribution in [3.63, 3.8) is 0 Å². The number of rotatable bonds is 1. The number of nitrogens with two attached hydrogens (primary N) is 1. The molecule has 0 amide bonds. The molecule has 4 nitrogen and oxygen atoms in total. The highest BCUT2D eigenvalue weighted by Crippen LogP contribution is 2.27. The summed E-state index contributed by atoms with van der Waals surface area (Å²) in [5, 5.41) is 9.19. The molecule has 0 aliphatic heterocycles. The van der Waals surface area contributed by atoms with Crippen molar-refractivity contribution in [3.8, 4) is 0 Å². The van der Waals surface area contributed by atoms with E-state index in [0.717, 1.165) is 0 Å². The fraction of sp³-hybridized carbons (Fsp3) is 0.875. The van der Waals surface area contributed by atoms with Crippen LogP contribution in [0.2, 0.25) is 0 Å². The molecule has 78 valence electrons. The van der Waals surface area contributed by atoms with Crippen molar-refractivity contribution in [1.29, 1.82) is 0 Å². The SMILES string of the molecule is COC(=O)[C@]1(N)CC[C@@H](O)CC1.Cl. The van der Waals surface area contributed by atoms with Gasteiger partial charge in [0, 0.05) is 0 Å². The lowest BCUT2D eigenvalue weighted by Crippen LogP contribution is -2.51. The Kier molecular flexibility index (Phi) is 4.67. The standard InChI is InChI=1S/C8H15NO3.ClH/c1-12-7(11)8(9)4-2-6(10)3-5-8;/h6,10H,2-5,9H2,1H3;1H/t6-,8+;. The van der Waals surface area contributed by atoms with Crippen LogP contribution >= 0.6 is 12.4 Å². The first-order valence-electron chi connectivity index (χ1n) is 4.14. The Morgan fingerprint density at radius 1 is 1.54 bits per heavy atom. The van der Waals surface area contributed by atoms with Crippen LogP contribution in [0.4, 0.5) is 0 Å². The van der Waals surface area contributed by atoms with E-state index >= 15 is 0 Å². The van der Waals surface area contributed by atoms with Gasteiger partial charge in [-0.05, 0) is 25.7 Å². The van der Waals surface area contributed by atoms with Crippen molar-refractivity contribution < 1.29 is 14.6 Å². The van der Waals surface area contributed by atoms with E-state index in [1.807, 2.05) is 0 Å². The Labute approximate surface area is 83.9 Å². The maximum atomic E-state index is 11.2. The second-order valence-corrected chi connectivity index (χ2v) is 3.38. The lowest BCUT2D eigenvalue weighted by molar-refractivity contribution is -0.149. The third-order valence-corrected chi connectivity index (χ3v) is 2.44. The fourth-order valence-electron chi connectivity index (χ4n) is 1.53. The van der Waals surface area contributed by atoms with E-state index in [9.17, 15) is 9.90 Å². The van der Waals surface area contributed by atoms with E-state index in [1.54, 1.807) is 0 Å². The van der Waals surface area contributed by atoms with Gasteiger partial charge in [0.1, 0.15) is 5.54 Å². The van der Waals surface area contributed by atoms with Gasteiger partial charge < -0.3 is 15.6 Å². The summed E-state index contributed by atoms with van der Waals surface area (Å²) in [7, 11) is 1.34. The molecule has 1 fully saturated rings. The second-order valence-electron chi connectivity index (χ2n) is 3.38. The molecule has 0 aromatic heterocycles. The summed E-state index contributed by atoms with van der Waals surface area (Å²) in [5.41, 5.74) is 4.94. The highest BCUT2D eigenvalue weighted by Gasteiger charge is 2.38. The molecule has 1 rings (SSSR count). The summed E-state index contributed by atoms with van der Waals surface area (Å²) in [6, 6.07) is 0.